The number of carbonyl (C=O) groups is 1. The van der Waals surface area contributed by atoms with Crippen LogP contribution in [0.4, 0.5) is 0 Å². The zero-order valence-electron chi connectivity index (χ0n) is 6.95. The van der Waals surface area contributed by atoms with Crippen LogP contribution in [0.2, 0.25) is 0 Å². The molecule has 0 rings (SSSR count). The topological polar surface area (TPSA) is 60.8 Å². The van der Waals surface area contributed by atoms with Crippen molar-refractivity contribution in [2.45, 2.75) is 18.9 Å². The Bertz CT molecular complexity index is 125. The van der Waals surface area contributed by atoms with Crippen LogP contribution in [0.5, 0.6) is 0 Å². The van der Waals surface area contributed by atoms with Crippen molar-refractivity contribution in [3.05, 3.63) is 0 Å². The molecule has 0 bridgehead atoms. The van der Waals surface area contributed by atoms with Crippen molar-refractivity contribution < 1.29 is 15.0 Å². The van der Waals surface area contributed by atoms with E-state index >= 15 is 0 Å². The molecule has 0 aliphatic heterocycles. The molecule has 0 saturated heterocycles. The van der Waals surface area contributed by atoms with Gasteiger partial charge in [0.15, 0.2) is 0 Å². The summed E-state index contributed by atoms with van der Waals surface area (Å²) in [6.07, 6.45) is 0.604. The van der Waals surface area contributed by atoms with Gasteiger partial charge in [0.25, 0.3) is 0 Å². The second kappa shape index (κ2) is 5.09. The highest BCUT2D eigenvalue weighted by Gasteiger charge is 2.13. The van der Waals surface area contributed by atoms with Gasteiger partial charge in [-0.15, -0.1) is 0 Å². The van der Waals surface area contributed by atoms with E-state index in [1.807, 2.05) is 19.0 Å². The number of carboxylic acids is 1. The van der Waals surface area contributed by atoms with Crippen molar-refractivity contribution in [1.82, 2.24) is 4.90 Å². The number of aliphatic carboxylic acids is 1. The van der Waals surface area contributed by atoms with Crippen molar-refractivity contribution in [2.24, 2.45) is 0 Å². The molecule has 0 aliphatic rings. The van der Waals surface area contributed by atoms with Gasteiger partial charge in [-0.1, -0.05) is 0 Å². The van der Waals surface area contributed by atoms with Crippen LogP contribution in [0, 0.1) is 0 Å². The Labute approximate surface area is 66.4 Å². The third kappa shape index (κ3) is 4.75. The van der Waals surface area contributed by atoms with Gasteiger partial charge in [0, 0.05) is 12.6 Å². The number of aliphatic hydroxyl groups excluding tert-OH is 1. The second-order valence-corrected chi connectivity index (χ2v) is 2.73. The third-order valence-corrected chi connectivity index (χ3v) is 1.60. The van der Waals surface area contributed by atoms with Crippen molar-refractivity contribution in [3.8, 4) is 0 Å². The average Bonchev–Trinajstić information content (AvgIpc) is 1.86. The highest BCUT2D eigenvalue weighted by molar-refractivity contribution is 5.67. The average molecular weight is 161 g/mol. The molecule has 0 saturated carbocycles. The molecule has 0 radical (unpaired) electrons. The summed E-state index contributed by atoms with van der Waals surface area (Å²) >= 11 is 0. The van der Waals surface area contributed by atoms with Gasteiger partial charge in [-0.25, -0.2) is 0 Å². The maximum absolute atomic E-state index is 10.3. The van der Waals surface area contributed by atoms with Crippen molar-refractivity contribution in [3.63, 3.8) is 0 Å². The summed E-state index contributed by atoms with van der Waals surface area (Å²) in [6, 6.07) is -0.0579. The van der Waals surface area contributed by atoms with E-state index in [1.165, 1.54) is 0 Å². The standard InChI is InChI=1S/C7H15NO3/c1-8(2)6(3-4-9)5-7(10)11/h6,9H,3-5H2,1-2H3,(H,10,11)/t6-/m0/s1. The molecule has 0 fully saturated rings. The number of carboxylic acid groups (broad SMARTS) is 1. The van der Waals surface area contributed by atoms with Crippen LogP contribution < -0.4 is 0 Å². The summed E-state index contributed by atoms with van der Waals surface area (Å²) in [5.74, 6) is -0.822. The van der Waals surface area contributed by atoms with Gasteiger partial charge < -0.3 is 15.1 Å². The van der Waals surface area contributed by atoms with Gasteiger partial charge in [-0.05, 0) is 20.5 Å². The Morgan fingerprint density at radius 2 is 2.09 bits per heavy atom. The fraction of sp³-hybridized carbons (Fsp3) is 0.857. The predicted molar refractivity (Wildman–Crippen MR) is 41.4 cm³/mol. The Hall–Kier alpha value is -0.610. The Morgan fingerprint density at radius 3 is 2.36 bits per heavy atom. The molecule has 2 N–H and O–H groups in total. The lowest BCUT2D eigenvalue weighted by Crippen LogP contribution is -2.31. The summed E-state index contributed by atoms with van der Waals surface area (Å²) in [6.45, 7) is 0.0378. The van der Waals surface area contributed by atoms with Crippen molar-refractivity contribution in [1.29, 1.82) is 0 Å². The van der Waals surface area contributed by atoms with Gasteiger partial charge in [-0.2, -0.15) is 0 Å². The fourth-order valence-electron chi connectivity index (χ4n) is 0.893. The zero-order chi connectivity index (χ0) is 8.85. The molecular formula is C7H15NO3. The first-order chi connectivity index (χ1) is 5.07. The molecule has 1 atom stereocenters. The summed E-state index contributed by atoms with van der Waals surface area (Å²) in [5, 5.41) is 17.0. The number of hydrogen-bond donors (Lipinski definition) is 2. The van der Waals surface area contributed by atoms with Crippen LogP contribution in [0.3, 0.4) is 0 Å². The van der Waals surface area contributed by atoms with E-state index < -0.39 is 5.97 Å². The SMILES string of the molecule is CN(C)[C@@H](CCO)CC(=O)O. The van der Waals surface area contributed by atoms with Crippen molar-refractivity contribution in [2.75, 3.05) is 20.7 Å². The van der Waals surface area contributed by atoms with E-state index in [4.69, 9.17) is 10.2 Å². The van der Waals surface area contributed by atoms with E-state index in [0.717, 1.165) is 0 Å². The van der Waals surface area contributed by atoms with Gasteiger partial charge >= 0.3 is 5.97 Å². The van der Waals surface area contributed by atoms with Crippen LogP contribution in [0.15, 0.2) is 0 Å². The number of hydrogen-bond acceptors (Lipinski definition) is 3. The molecule has 0 aromatic rings. The largest absolute Gasteiger partial charge is 0.481 e. The first kappa shape index (κ1) is 10.4. The minimum absolute atomic E-state index is 0.0378. The zero-order valence-corrected chi connectivity index (χ0v) is 6.95. The van der Waals surface area contributed by atoms with E-state index in [9.17, 15) is 4.79 Å². The molecule has 66 valence electrons. The van der Waals surface area contributed by atoms with E-state index in [-0.39, 0.29) is 19.1 Å². The van der Waals surface area contributed by atoms with E-state index in [2.05, 4.69) is 0 Å². The van der Waals surface area contributed by atoms with Crippen LogP contribution in [-0.2, 0) is 4.79 Å². The maximum atomic E-state index is 10.3. The number of rotatable bonds is 5. The van der Waals surface area contributed by atoms with Gasteiger partial charge in [0.2, 0.25) is 0 Å². The highest BCUT2D eigenvalue weighted by atomic mass is 16.4. The predicted octanol–water partition coefficient (Wildman–Crippen LogP) is -0.226. The molecule has 0 aromatic carbocycles. The van der Waals surface area contributed by atoms with Crippen LogP contribution in [0.1, 0.15) is 12.8 Å². The minimum Gasteiger partial charge on any atom is -0.481 e. The molecule has 0 amide bonds. The first-order valence-corrected chi connectivity index (χ1v) is 3.57. The smallest absolute Gasteiger partial charge is 0.304 e. The Balaban J connectivity index is 3.79. The van der Waals surface area contributed by atoms with Crippen LogP contribution >= 0.6 is 0 Å². The lowest BCUT2D eigenvalue weighted by atomic mass is 10.1. The fourth-order valence-corrected chi connectivity index (χ4v) is 0.893. The first-order valence-electron chi connectivity index (χ1n) is 3.57. The molecule has 0 spiro atoms. The molecule has 4 nitrogen and oxygen atoms in total. The molecular weight excluding hydrogens is 146 g/mol. The van der Waals surface area contributed by atoms with E-state index in [0.29, 0.717) is 6.42 Å². The number of aliphatic hydroxyl groups is 1. The molecule has 11 heavy (non-hydrogen) atoms. The summed E-state index contributed by atoms with van der Waals surface area (Å²) in [4.78, 5) is 12.1. The molecule has 4 heteroatoms. The lowest BCUT2D eigenvalue weighted by Gasteiger charge is -2.21. The van der Waals surface area contributed by atoms with Crippen molar-refractivity contribution >= 4 is 5.97 Å². The molecule has 0 unspecified atom stereocenters. The molecule has 0 aliphatic carbocycles. The lowest BCUT2D eigenvalue weighted by molar-refractivity contribution is -0.138. The molecule has 0 heterocycles. The second-order valence-electron chi connectivity index (χ2n) is 2.73. The normalized spacial score (nSPS) is 13.5. The van der Waals surface area contributed by atoms with Crippen LogP contribution in [-0.4, -0.2) is 47.8 Å². The maximum Gasteiger partial charge on any atom is 0.304 e. The highest BCUT2D eigenvalue weighted by Crippen LogP contribution is 2.03. The third-order valence-electron chi connectivity index (χ3n) is 1.60. The summed E-state index contributed by atoms with van der Waals surface area (Å²) in [7, 11) is 3.62. The van der Waals surface area contributed by atoms with Crippen LogP contribution in [0.25, 0.3) is 0 Å². The minimum atomic E-state index is -0.822. The monoisotopic (exact) mass is 161 g/mol. The Kier molecular flexibility index (Phi) is 4.81. The van der Waals surface area contributed by atoms with Gasteiger partial charge in [-0.3, -0.25) is 4.79 Å². The summed E-state index contributed by atoms with van der Waals surface area (Å²) < 4.78 is 0. The summed E-state index contributed by atoms with van der Waals surface area (Å²) in [5.41, 5.74) is 0. The number of nitrogens with zero attached hydrogens (tertiary/aromatic N) is 1. The van der Waals surface area contributed by atoms with Gasteiger partial charge in [0.1, 0.15) is 0 Å². The molecule has 0 aromatic heterocycles. The quantitative estimate of drug-likeness (QED) is 0.585. The van der Waals surface area contributed by atoms with Gasteiger partial charge in [0.05, 0.1) is 6.42 Å². The Morgan fingerprint density at radius 1 is 1.55 bits per heavy atom. The van der Waals surface area contributed by atoms with E-state index in [1.54, 1.807) is 0 Å².